The number of hydrogen-bond donors (Lipinski definition) is 2. The Labute approximate surface area is 145 Å². The van der Waals surface area contributed by atoms with Crippen LogP contribution in [0.4, 0.5) is 14.5 Å². The Morgan fingerprint density at radius 3 is 2.50 bits per heavy atom. The maximum absolute atomic E-state index is 12.4. The highest BCUT2D eigenvalue weighted by Gasteiger charge is 2.26. The second-order valence-electron chi connectivity index (χ2n) is 5.26. The van der Waals surface area contributed by atoms with Crippen LogP contribution < -0.4 is 10.6 Å². The summed E-state index contributed by atoms with van der Waals surface area (Å²) in [6.07, 6.45) is 0.966. The fourth-order valence-electron chi connectivity index (χ4n) is 2.29. The summed E-state index contributed by atoms with van der Waals surface area (Å²) >= 11 is 0. The molecule has 2 rings (SSSR count). The number of carbonyl (C=O) groups is 1. The van der Waals surface area contributed by atoms with Crippen LogP contribution in [-0.4, -0.2) is 57.7 Å². The van der Waals surface area contributed by atoms with E-state index in [1.165, 1.54) is 12.1 Å². The molecule has 0 atom stereocenters. The van der Waals surface area contributed by atoms with Gasteiger partial charge >= 0.3 is 5.76 Å². The zero-order chi connectivity index (χ0) is 16.9. The van der Waals surface area contributed by atoms with Crippen LogP contribution in [0.5, 0.6) is 0 Å². The first kappa shape index (κ1) is 20.8. The van der Waals surface area contributed by atoms with Crippen LogP contribution in [0.1, 0.15) is 6.42 Å². The van der Waals surface area contributed by atoms with Gasteiger partial charge in [0.05, 0.1) is 11.4 Å². The van der Waals surface area contributed by atoms with Gasteiger partial charge in [0.1, 0.15) is 0 Å². The van der Waals surface area contributed by atoms with Gasteiger partial charge in [0.2, 0.25) is 15.7 Å². The molecule has 1 amide bonds. The number of anilines is 1. The van der Waals surface area contributed by atoms with E-state index in [4.69, 9.17) is 0 Å². The van der Waals surface area contributed by atoms with Crippen LogP contribution in [0.25, 0.3) is 0 Å². The van der Waals surface area contributed by atoms with Gasteiger partial charge in [0.25, 0.3) is 0 Å². The molecule has 1 aliphatic heterocycles. The van der Waals surface area contributed by atoms with E-state index in [9.17, 15) is 22.0 Å². The van der Waals surface area contributed by atoms with Crippen molar-refractivity contribution in [2.24, 2.45) is 0 Å². The number of halogens is 3. The molecule has 6 nitrogen and oxygen atoms in total. The van der Waals surface area contributed by atoms with Gasteiger partial charge in [-0.3, -0.25) is 9.69 Å². The summed E-state index contributed by atoms with van der Waals surface area (Å²) < 4.78 is 47.5. The van der Waals surface area contributed by atoms with E-state index >= 15 is 0 Å². The molecule has 136 valence electrons. The molecule has 0 bridgehead atoms. The molecule has 1 saturated heterocycles. The van der Waals surface area contributed by atoms with E-state index < -0.39 is 20.5 Å². The third-order valence-electron chi connectivity index (χ3n) is 3.50. The Balaban J connectivity index is 0.00000288. The van der Waals surface area contributed by atoms with Crippen molar-refractivity contribution in [3.63, 3.8) is 0 Å². The molecule has 24 heavy (non-hydrogen) atoms. The van der Waals surface area contributed by atoms with Gasteiger partial charge in [-0.25, -0.2) is 8.42 Å². The fourth-order valence-corrected chi connectivity index (χ4v) is 3.02. The van der Waals surface area contributed by atoms with Crippen molar-refractivity contribution in [1.29, 1.82) is 0 Å². The molecule has 1 heterocycles. The smallest absolute Gasteiger partial charge is 0.325 e. The van der Waals surface area contributed by atoms with Crippen molar-refractivity contribution >= 4 is 33.8 Å². The summed E-state index contributed by atoms with van der Waals surface area (Å²) in [5, 5.41) is 5.87. The van der Waals surface area contributed by atoms with E-state index in [0.29, 0.717) is 5.69 Å². The Kier molecular flexibility index (Phi) is 8.01. The molecule has 0 aliphatic carbocycles. The fraction of sp³-hybridized carbons (Fsp3) is 0.500. The van der Waals surface area contributed by atoms with Gasteiger partial charge < -0.3 is 10.6 Å². The van der Waals surface area contributed by atoms with Crippen LogP contribution in [-0.2, 0) is 14.6 Å². The van der Waals surface area contributed by atoms with Crippen molar-refractivity contribution in [3.8, 4) is 0 Å². The van der Waals surface area contributed by atoms with Crippen LogP contribution in [0.2, 0.25) is 0 Å². The second kappa shape index (κ2) is 9.26. The third-order valence-corrected chi connectivity index (χ3v) is 4.90. The maximum atomic E-state index is 12.4. The van der Waals surface area contributed by atoms with Crippen LogP contribution in [0.3, 0.4) is 0 Å². The van der Waals surface area contributed by atoms with Crippen molar-refractivity contribution < 1.29 is 22.0 Å². The summed E-state index contributed by atoms with van der Waals surface area (Å²) in [6, 6.07) is 4.73. The predicted octanol–water partition coefficient (Wildman–Crippen LogP) is 1.34. The molecule has 0 saturated carbocycles. The van der Waals surface area contributed by atoms with Gasteiger partial charge in [-0.2, -0.15) is 8.78 Å². The van der Waals surface area contributed by atoms with Crippen LogP contribution in [0.15, 0.2) is 29.2 Å². The first-order valence-electron chi connectivity index (χ1n) is 7.24. The summed E-state index contributed by atoms with van der Waals surface area (Å²) in [5.74, 6) is -3.68. The van der Waals surface area contributed by atoms with Gasteiger partial charge in [-0.15, -0.1) is 12.4 Å². The lowest BCUT2D eigenvalue weighted by molar-refractivity contribution is -0.117. The first-order chi connectivity index (χ1) is 10.9. The molecular weight excluding hydrogens is 364 g/mol. The average molecular weight is 384 g/mol. The lowest BCUT2D eigenvalue weighted by Crippen LogP contribution is -2.35. The molecule has 1 aliphatic rings. The summed E-state index contributed by atoms with van der Waals surface area (Å²) in [5.41, 5.74) is 0.371. The summed E-state index contributed by atoms with van der Waals surface area (Å²) in [6.45, 7) is 3.59. The Morgan fingerprint density at radius 1 is 1.21 bits per heavy atom. The van der Waals surface area contributed by atoms with Crippen LogP contribution in [0, 0.1) is 0 Å². The van der Waals surface area contributed by atoms with E-state index in [2.05, 4.69) is 10.6 Å². The molecule has 0 radical (unpaired) electrons. The summed E-state index contributed by atoms with van der Waals surface area (Å²) in [7, 11) is -4.61. The topological polar surface area (TPSA) is 78.5 Å². The average Bonchev–Trinajstić information content (AvgIpc) is 2.76. The standard InChI is InChI=1S/C14H19F2N3O3S.ClH/c15-14(16)23(21,22)12-4-2-11(3-5-12)18-13(20)10-19-8-1-6-17-7-9-19;/h2-5,14,17H,1,6-10H2,(H,18,20);1H. The third kappa shape index (κ3) is 5.66. The number of rotatable bonds is 5. The van der Waals surface area contributed by atoms with Crippen molar-refractivity contribution in [3.05, 3.63) is 24.3 Å². The normalized spacial score (nSPS) is 16.3. The van der Waals surface area contributed by atoms with E-state index in [0.717, 1.165) is 44.7 Å². The zero-order valence-electron chi connectivity index (χ0n) is 12.9. The maximum Gasteiger partial charge on any atom is 0.341 e. The molecular formula is C14H20ClF2N3O3S. The van der Waals surface area contributed by atoms with E-state index in [1.807, 2.05) is 4.90 Å². The number of benzene rings is 1. The van der Waals surface area contributed by atoms with Crippen LogP contribution >= 0.6 is 12.4 Å². The monoisotopic (exact) mass is 383 g/mol. The number of amides is 1. The van der Waals surface area contributed by atoms with Gasteiger partial charge in [0, 0.05) is 18.8 Å². The number of hydrogen-bond acceptors (Lipinski definition) is 5. The highest BCUT2D eigenvalue weighted by molar-refractivity contribution is 7.91. The van der Waals surface area contributed by atoms with Crippen molar-refractivity contribution in [2.45, 2.75) is 17.1 Å². The Bertz CT molecular complexity index is 633. The minimum Gasteiger partial charge on any atom is -0.325 e. The van der Waals surface area contributed by atoms with E-state index in [-0.39, 0.29) is 24.9 Å². The highest BCUT2D eigenvalue weighted by atomic mass is 35.5. The molecule has 2 N–H and O–H groups in total. The lowest BCUT2D eigenvalue weighted by atomic mass is 10.3. The SMILES string of the molecule is Cl.O=C(CN1CCCNCC1)Nc1ccc(S(=O)(=O)C(F)F)cc1. The van der Waals surface area contributed by atoms with Gasteiger partial charge in [-0.05, 0) is 43.8 Å². The minimum atomic E-state index is -4.61. The molecule has 1 aromatic rings. The molecule has 0 aromatic heterocycles. The number of sulfone groups is 1. The molecule has 1 fully saturated rings. The molecule has 0 unspecified atom stereocenters. The number of nitrogens with one attached hydrogen (secondary N) is 2. The number of nitrogens with zero attached hydrogens (tertiary/aromatic N) is 1. The second-order valence-corrected chi connectivity index (χ2v) is 7.18. The van der Waals surface area contributed by atoms with Crippen molar-refractivity contribution in [1.82, 2.24) is 10.2 Å². The predicted molar refractivity (Wildman–Crippen MR) is 89.4 cm³/mol. The lowest BCUT2D eigenvalue weighted by Gasteiger charge is -2.18. The van der Waals surface area contributed by atoms with E-state index in [1.54, 1.807) is 0 Å². The number of carbonyl (C=O) groups excluding carboxylic acids is 1. The van der Waals surface area contributed by atoms with Gasteiger partial charge in [0.15, 0.2) is 0 Å². The zero-order valence-corrected chi connectivity index (χ0v) is 14.5. The first-order valence-corrected chi connectivity index (χ1v) is 8.79. The molecule has 0 spiro atoms. The van der Waals surface area contributed by atoms with Gasteiger partial charge in [-0.1, -0.05) is 0 Å². The Hall–Kier alpha value is -1.29. The largest absolute Gasteiger partial charge is 0.341 e. The Morgan fingerprint density at radius 2 is 1.88 bits per heavy atom. The molecule has 1 aromatic carbocycles. The quantitative estimate of drug-likeness (QED) is 0.802. The minimum absolute atomic E-state index is 0. The highest BCUT2D eigenvalue weighted by Crippen LogP contribution is 2.20. The molecule has 10 heteroatoms. The number of alkyl halides is 2. The van der Waals surface area contributed by atoms with Crippen molar-refractivity contribution in [2.75, 3.05) is 38.0 Å². The summed E-state index contributed by atoms with van der Waals surface area (Å²) in [4.78, 5) is 13.5.